The molecule has 3 aromatic rings. The van der Waals surface area contributed by atoms with Gasteiger partial charge in [-0.1, -0.05) is 30.4 Å². The lowest BCUT2D eigenvalue weighted by Crippen LogP contribution is -2.32. The number of likely N-dealkylation sites (tertiary alicyclic amines) is 1. The number of aryl methyl sites for hydroxylation is 1. The van der Waals surface area contributed by atoms with E-state index in [1.807, 2.05) is 42.5 Å². The van der Waals surface area contributed by atoms with Crippen molar-refractivity contribution in [3.8, 4) is 0 Å². The number of fused-ring (bicyclic) bond motifs is 1. The summed E-state index contributed by atoms with van der Waals surface area (Å²) in [4.78, 5) is 26.8. The Bertz CT molecular complexity index is 1040. The largest absolute Gasteiger partial charge is 0.322 e. The van der Waals surface area contributed by atoms with Crippen molar-refractivity contribution < 1.29 is 4.79 Å². The van der Waals surface area contributed by atoms with Crippen molar-refractivity contribution in [2.75, 3.05) is 18.4 Å². The Morgan fingerprint density at radius 3 is 2.57 bits per heavy atom. The minimum Gasteiger partial charge on any atom is -0.322 e. The molecule has 0 aliphatic carbocycles. The molecule has 5 nitrogen and oxygen atoms in total. The zero-order valence-electron chi connectivity index (χ0n) is 16.3. The Labute approximate surface area is 168 Å². The zero-order chi connectivity index (χ0) is 19.7. The van der Waals surface area contributed by atoms with E-state index in [-0.39, 0.29) is 10.8 Å². The van der Waals surface area contributed by atoms with Crippen LogP contribution in [0.1, 0.15) is 35.7 Å². The minimum absolute atomic E-state index is 0.00257. The number of carbonyl (C=O) groups is 1. The van der Waals surface area contributed by atoms with Gasteiger partial charge in [0.2, 0.25) is 0 Å². The molecular weight excluding hydrogens is 370 g/mol. The van der Waals surface area contributed by atoms with Gasteiger partial charge >= 0.3 is 4.87 Å². The Kier molecular flexibility index (Phi) is 5.33. The third kappa shape index (κ3) is 4.03. The van der Waals surface area contributed by atoms with Gasteiger partial charge in [-0.3, -0.25) is 14.5 Å². The highest BCUT2D eigenvalue weighted by atomic mass is 32.1. The molecule has 1 N–H and O–H groups in total. The Balaban J connectivity index is 1.41. The summed E-state index contributed by atoms with van der Waals surface area (Å²) in [5, 5.41) is 2.93. The van der Waals surface area contributed by atoms with Gasteiger partial charge in [0, 0.05) is 24.8 Å². The lowest BCUT2D eigenvalue weighted by atomic mass is 9.99. The molecule has 0 atom stereocenters. The van der Waals surface area contributed by atoms with Crippen LogP contribution in [0.25, 0.3) is 10.2 Å². The van der Waals surface area contributed by atoms with E-state index >= 15 is 0 Å². The second-order valence-corrected chi connectivity index (χ2v) is 8.71. The van der Waals surface area contributed by atoms with E-state index in [9.17, 15) is 9.59 Å². The van der Waals surface area contributed by atoms with Gasteiger partial charge in [0.05, 0.1) is 10.2 Å². The number of thiazole rings is 1. The molecule has 1 aliphatic heterocycles. The number of piperidine rings is 1. The number of hydrogen-bond acceptors (Lipinski definition) is 4. The SMILES string of the molecule is CC1CCN(Cc2ccc(C(=O)Nc3ccc4c(c3)sc(=O)n4C)cc2)CC1. The fraction of sp³-hybridized carbons (Fsp3) is 0.364. The topological polar surface area (TPSA) is 54.3 Å². The van der Waals surface area contributed by atoms with Crippen molar-refractivity contribution in [1.82, 2.24) is 9.47 Å². The van der Waals surface area contributed by atoms with E-state index in [0.29, 0.717) is 11.3 Å². The summed E-state index contributed by atoms with van der Waals surface area (Å²) in [5.41, 5.74) is 3.45. The third-order valence-electron chi connectivity index (χ3n) is 5.55. The number of aromatic nitrogens is 1. The smallest absolute Gasteiger partial charge is 0.307 e. The first kappa shape index (κ1) is 18.9. The van der Waals surface area contributed by atoms with Crippen LogP contribution in [0, 0.1) is 5.92 Å². The second kappa shape index (κ2) is 7.89. The maximum atomic E-state index is 12.6. The van der Waals surface area contributed by atoms with Crippen LogP contribution in [0.3, 0.4) is 0 Å². The van der Waals surface area contributed by atoms with Gasteiger partial charge in [0.25, 0.3) is 5.91 Å². The van der Waals surface area contributed by atoms with E-state index in [1.165, 1.54) is 29.7 Å². The van der Waals surface area contributed by atoms with Gasteiger partial charge in [-0.05, 0) is 67.7 Å². The summed E-state index contributed by atoms with van der Waals surface area (Å²) in [5.74, 6) is 0.694. The van der Waals surface area contributed by atoms with Crippen LogP contribution in [0.15, 0.2) is 47.3 Å². The summed E-state index contributed by atoms with van der Waals surface area (Å²) >= 11 is 1.19. The minimum atomic E-state index is -0.138. The first-order chi connectivity index (χ1) is 13.5. The van der Waals surface area contributed by atoms with Crippen LogP contribution in [0.2, 0.25) is 0 Å². The highest BCUT2D eigenvalue weighted by molar-refractivity contribution is 7.16. The van der Waals surface area contributed by atoms with Crippen molar-refractivity contribution in [3.05, 3.63) is 63.3 Å². The fourth-order valence-electron chi connectivity index (χ4n) is 3.65. The van der Waals surface area contributed by atoms with Crippen LogP contribution in [0.5, 0.6) is 0 Å². The quantitative estimate of drug-likeness (QED) is 0.724. The first-order valence-corrected chi connectivity index (χ1v) is 10.5. The number of benzene rings is 2. The number of rotatable bonds is 4. The Morgan fingerprint density at radius 1 is 1.14 bits per heavy atom. The lowest BCUT2D eigenvalue weighted by Gasteiger charge is -2.30. The van der Waals surface area contributed by atoms with Gasteiger partial charge in [-0.2, -0.15) is 0 Å². The molecule has 146 valence electrons. The number of carbonyl (C=O) groups excluding carboxylic acids is 1. The van der Waals surface area contributed by atoms with Crippen molar-refractivity contribution in [2.45, 2.75) is 26.3 Å². The van der Waals surface area contributed by atoms with E-state index in [4.69, 9.17) is 0 Å². The number of hydrogen-bond donors (Lipinski definition) is 1. The Morgan fingerprint density at radius 2 is 1.86 bits per heavy atom. The molecule has 2 aromatic carbocycles. The lowest BCUT2D eigenvalue weighted by molar-refractivity contribution is 0.102. The van der Waals surface area contributed by atoms with Crippen molar-refractivity contribution >= 4 is 33.1 Å². The summed E-state index contributed by atoms with van der Waals surface area (Å²) in [6, 6.07) is 13.4. The van der Waals surface area contributed by atoms with Gasteiger partial charge < -0.3 is 9.88 Å². The van der Waals surface area contributed by atoms with E-state index in [0.717, 1.165) is 35.8 Å². The van der Waals surface area contributed by atoms with Crippen LogP contribution >= 0.6 is 11.3 Å². The maximum absolute atomic E-state index is 12.6. The van der Waals surface area contributed by atoms with Crippen LogP contribution in [-0.2, 0) is 13.6 Å². The molecule has 0 spiro atoms. The van der Waals surface area contributed by atoms with Gasteiger partial charge in [-0.15, -0.1) is 0 Å². The van der Waals surface area contributed by atoms with Crippen LogP contribution < -0.4 is 10.2 Å². The average Bonchev–Trinajstić information content (AvgIpc) is 2.97. The van der Waals surface area contributed by atoms with E-state index < -0.39 is 0 Å². The molecule has 0 unspecified atom stereocenters. The molecule has 1 aromatic heterocycles. The second-order valence-electron chi connectivity index (χ2n) is 7.72. The fourth-order valence-corrected chi connectivity index (χ4v) is 4.57. The van der Waals surface area contributed by atoms with Gasteiger partial charge in [0.15, 0.2) is 0 Å². The number of amides is 1. The maximum Gasteiger partial charge on any atom is 0.307 e. The predicted molar refractivity (Wildman–Crippen MR) is 115 cm³/mol. The highest BCUT2D eigenvalue weighted by Gasteiger charge is 2.16. The number of anilines is 1. The molecular formula is C22H25N3O2S. The van der Waals surface area contributed by atoms with Crippen molar-refractivity contribution in [3.63, 3.8) is 0 Å². The van der Waals surface area contributed by atoms with E-state index in [1.54, 1.807) is 11.6 Å². The van der Waals surface area contributed by atoms with E-state index in [2.05, 4.69) is 17.1 Å². The molecule has 1 amide bonds. The van der Waals surface area contributed by atoms with Gasteiger partial charge in [0.1, 0.15) is 0 Å². The molecule has 1 aliphatic rings. The average molecular weight is 396 g/mol. The highest BCUT2D eigenvalue weighted by Crippen LogP contribution is 2.22. The monoisotopic (exact) mass is 395 g/mol. The van der Waals surface area contributed by atoms with Crippen molar-refractivity contribution in [2.24, 2.45) is 13.0 Å². The first-order valence-electron chi connectivity index (χ1n) is 9.72. The summed E-state index contributed by atoms with van der Waals surface area (Å²) in [6.07, 6.45) is 2.53. The zero-order valence-corrected chi connectivity index (χ0v) is 17.1. The van der Waals surface area contributed by atoms with Gasteiger partial charge in [-0.25, -0.2) is 0 Å². The molecule has 1 saturated heterocycles. The number of nitrogens with one attached hydrogen (secondary N) is 1. The summed E-state index contributed by atoms with van der Waals surface area (Å²) in [6.45, 7) is 5.56. The molecule has 0 radical (unpaired) electrons. The van der Waals surface area contributed by atoms with Crippen LogP contribution in [-0.4, -0.2) is 28.5 Å². The van der Waals surface area contributed by atoms with Crippen molar-refractivity contribution in [1.29, 1.82) is 0 Å². The normalized spacial score (nSPS) is 15.8. The third-order valence-corrected chi connectivity index (χ3v) is 6.54. The molecule has 0 bridgehead atoms. The van der Waals surface area contributed by atoms with Crippen LogP contribution in [0.4, 0.5) is 5.69 Å². The summed E-state index contributed by atoms with van der Waals surface area (Å²) < 4.78 is 2.49. The molecule has 6 heteroatoms. The number of nitrogens with zero attached hydrogens (tertiary/aromatic N) is 2. The summed E-state index contributed by atoms with van der Waals surface area (Å²) in [7, 11) is 1.76. The molecule has 0 saturated carbocycles. The predicted octanol–water partition coefficient (Wildman–Crippen LogP) is 4.08. The molecule has 1 fully saturated rings. The standard InChI is InChI=1S/C22H25N3O2S/c1-15-9-11-25(12-10-15)14-16-3-5-17(6-4-16)21(26)23-18-7-8-19-20(13-18)28-22(27)24(19)2/h3-8,13,15H,9-12,14H2,1-2H3,(H,23,26). The Hall–Kier alpha value is -2.44. The molecule has 4 rings (SSSR count). The molecule has 2 heterocycles. The molecule has 28 heavy (non-hydrogen) atoms.